The van der Waals surface area contributed by atoms with Crippen molar-refractivity contribution in [2.45, 2.75) is 38.0 Å². The number of benzene rings is 3. The molecule has 0 heterocycles. The summed E-state index contributed by atoms with van der Waals surface area (Å²) in [5.74, 6) is -0.0903. The lowest BCUT2D eigenvalue weighted by molar-refractivity contribution is -0.145. The van der Waals surface area contributed by atoms with Crippen LogP contribution < -0.4 is 0 Å². The number of rotatable bonds is 9. The molecule has 2 nitrogen and oxygen atoms in total. The van der Waals surface area contributed by atoms with E-state index < -0.39 is 0 Å². The molecular weight excluding hydrogens is 344 g/mol. The van der Waals surface area contributed by atoms with Gasteiger partial charge in [0.1, 0.15) is 0 Å². The van der Waals surface area contributed by atoms with Gasteiger partial charge in [0.2, 0.25) is 0 Å². The Bertz CT molecular complexity index is 828. The van der Waals surface area contributed by atoms with Gasteiger partial charge < -0.3 is 4.74 Å². The van der Waals surface area contributed by atoms with Crippen LogP contribution in [0.15, 0.2) is 91.0 Å². The van der Waals surface area contributed by atoms with E-state index in [4.69, 9.17) is 4.74 Å². The van der Waals surface area contributed by atoms with Crippen molar-refractivity contribution in [3.05, 3.63) is 108 Å². The molecule has 0 fully saturated rings. The first-order valence-corrected chi connectivity index (χ1v) is 10.1. The van der Waals surface area contributed by atoms with Crippen LogP contribution >= 0.6 is 0 Å². The molecule has 0 aliphatic heterocycles. The van der Waals surface area contributed by atoms with E-state index in [1.54, 1.807) is 0 Å². The Hall–Kier alpha value is -2.87. The Morgan fingerprint density at radius 2 is 1.32 bits per heavy atom. The molecule has 0 radical (unpaired) electrons. The lowest BCUT2D eigenvalue weighted by Crippen LogP contribution is -2.19. The van der Waals surface area contributed by atoms with E-state index in [1.807, 2.05) is 49.4 Å². The van der Waals surface area contributed by atoms with Gasteiger partial charge in [0.05, 0.1) is 12.5 Å². The zero-order valence-electron chi connectivity index (χ0n) is 16.5. The average molecular weight is 373 g/mol. The molecule has 0 aliphatic carbocycles. The molecule has 0 saturated heterocycles. The molecule has 0 aromatic heterocycles. The monoisotopic (exact) mass is 372 g/mol. The van der Waals surface area contributed by atoms with Crippen molar-refractivity contribution in [2.24, 2.45) is 0 Å². The van der Waals surface area contributed by atoms with Crippen LogP contribution in [-0.2, 0) is 16.0 Å². The third kappa shape index (κ3) is 5.56. The van der Waals surface area contributed by atoms with E-state index in [1.165, 1.54) is 11.1 Å². The number of hydrogen-bond acceptors (Lipinski definition) is 2. The molecule has 0 aliphatic rings. The van der Waals surface area contributed by atoms with Crippen molar-refractivity contribution in [2.75, 3.05) is 6.61 Å². The van der Waals surface area contributed by atoms with E-state index in [0.29, 0.717) is 6.61 Å². The molecule has 28 heavy (non-hydrogen) atoms. The zero-order valence-corrected chi connectivity index (χ0v) is 16.5. The minimum Gasteiger partial charge on any atom is -0.466 e. The Morgan fingerprint density at radius 1 is 0.786 bits per heavy atom. The van der Waals surface area contributed by atoms with Gasteiger partial charge in [-0.25, -0.2) is 0 Å². The van der Waals surface area contributed by atoms with Crippen molar-refractivity contribution in [1.29, 1.82) is 0 Å². The van der Waals surface area contributed by atoms with Gasteiger partial charge in [-0.15, -0.1) is 0 Å². The SMILES string of the molecule is CCOC(=O)C(CC(CCc1ccccc1)c1ccccc1)c1ccccc1. The van der Waals surface area contributed by atoms with Crippen LogP contribution in [0.5, 0.6) is 0 Å². The van der Waals surface area contributed by atoms with Crippen molar-refractivity contribution in [1.82, 2.24) is 0 Å². The van der Waals surface area contributed by atoms with Crippen LogP contribution in [0, 0.1) is 0 Å². The first-order chi connectivity index (χ1) is 13.8. The van der Waals surface area contributed by atoms with Gasteiger partial charge in [-0.1, -0.05) is 91.0 Å². The molecule has 0 N–H and O–H groups in total. The van der Waals surface area contributed by atoms with Gasteiger partial charge in [-0.05, 0) is 48.8 Å². The van der Waals surface area contributed by atoms with Gasteiger partial charge in [0.15, 0.2) is 0 Å². The Labute approximate surface area is 168 Å². The molecule has 2 heteroatoms. The summed E-state index contributed by atoms with van der Waals surface area (Å²) in [4.78, 5) is 12.8. The maximum atomic E-state index is 12.8. The van der Waals surface area contributed by atoms with Gasteiger partial charge in [-0.3, -0.25) is 4.79 Å². The summed E-state index contributed by atoms with van der Waals surface area (Å²) < 4.78 is 5.42. The number of ether oxygens (including phenoxy) is 1. The number of hydrogen-bond donors (Lipinski definition) is 0. The standard InChI is InChI=1S/C26H28O2/c1-2-28-26(27)25(23-16-10-5-11-17-23)20-24(22-14-8-4-9-15-22)19-18-21-12-6-3-7-13-21/h3-17,24-25H,2,18-20H2,1H3. The van der Waals surface area contributed by atoms with Gasteiger partial charge >= 0.3 is 5.97 Å². The highest BCUT2D eigenvalue weighted by Crippen LogP contribution is 2.34. The molecule has 0 bridgehead atoms. The molecule has 0 amide bonds. The summed E-state index contributed by atoms with van der Waals surface area (Å²) >= 11 is 0. The summed E-state index contributed by atoms with van der Waals surface area (Å²) in [7, 11) is 0. The summed E-state index contributed by atoms with van der Waals surface area (Å²) in [5.41, 5.74) is 3.64. The second-order valence-electron chi connectivity index (χ2n) is 7.08. The van der Waals surface area contributed by atoms with Crippen LogP contribution in [0.1, 0.15) is 48.3 Å². The lowest BCUT2D eigenvalue weighted by atomic mass is 9.82. The smallest absolute Gasteiger partial charge is 0.313 e. The minimum atomic E-state index is -0.248. The molecule has 144 valence electrons. The van der Waals surface area contributed by atoms with Crippen molar-refractivity contribution >= 4 is 5.97 Å². The fraction of sp³-hybridized carbons (Fsp3) is 0.269. The molecule has 0 spiro atoms. The van der Waals surface area contributed by atoms with Crippen LogP contribution in [0.4, 0.5) is 0 Å². The first kappa shape index (κ1) is 19.9. The third-order valence-electron chi connectivity index (χ3n) is 5.19. The maximum Gasteiger partial charge on any atom is 0.313 e. The van der Waals surface area contributed by atoms with Crippen LogP contribution in [0.2, 0.25) is 0 Å². The highest BCUT2D eigenvalue weighted by molar-refractivity contribution is 5.78. The van der Waals surface area contributed by atoms with E-state index in [2.05, 4.69) is 48.5 Å². The van der Waals surface area contributed by atoms with Crippen molar-refractivity contribution in [3.8, 4) is 0 Å². The fourth-order valence-corrected chi connectivity index (χ4v) is 3.71. The van der Waals surface area contributed by atoms with Crippen molar-refractivity contribution < 1.29 is 9.53 Å². The molecule has 2 unspecified atom stereocenters. The quantitative estimate of drug-likeness (QED) is 0.422. The normalized spacial score (nSPS) is 12.9. The molecule has 2 atom stereocenters. The van der Waals surface area contributed by atoms with Crippen LogP contribution in [0.25, 0.3) is 0 Å². The molecular formula is C26H28O2. The third-order valence-corrected chi connectivity index (χ3v) is 5.19. The summed E-state index contributed by atoms with van der Waals surface area (Å²) in [6.07, 6.45) is 2.74. The van der Waals surface area contributed by atoms with Crippen molar-refractivity contribution in [3.63, 3.8) is 0 Å². The molecule has 3 aromatic carbocycles. The predicted octanol–water partition coefficient (Wildman–Crippen LogP) is 6.14. The number of esters is 1. The minimum absolute atomic E-state index is 0.130. The van der Waals surface area contributed by atoms with E-state index in [-0.39, 0.29) is 17.8 Å². The van der Waals surface area contributed by atoms with Crippen LogP contribution in [0.3, 0.4) is 0 Å². The fourth-order valence-electron chi connectivity index (χ4n) is 3.71. The number of carbonyl (C=O) groups excluding carboxylic acids is 1. The number of aryl methyl sites for hydroxylation is 1. The van der Waals surface area contributed by atoms with Gasteiger partial charge in [0.25, 0.3) is 0 Å². The van der Waals surface area contributed by atoms with E-state index in [9.17, 15) is 4.79 Å². The zero-order chi connectivity index (χ0) is 19.6. The second kappa shape index (κ2) is 10.5. The Balaban J connectivity index is 1.83. The topological polar surface area (TPSA) is 26.3 Å². The van der Waals surface area contributed by atoms with Crippen LogP contribution in [-0.4, -0.2) is 12.6 Å². The molecule has 3 aromatic rings. The highest BCUT2D eigenvalue weighted by atomic mass is 16.5. The van der Waals surface area contributed by atoms with E-state index in [0.717, 1.165) is 24.8 Å². The largest absolute Gasteiger partial charge is 0.466 e. The number of carbonyl (C=O) groups is 1. The summed E-state index contributed by atoms with van der Waals surface area (Å²) in [6, 6.07) is 31.1. The summed E-state index contributed by atoms with van der Waals surface area (Å²) in [5, 5.41) is 0. The maximum absolute atomic E-state index is 12.8. The molecule has 3 rings (SSSR count). The van der Waals surface area contributed by atoms with E-state index >= 15 is 0 Å². The first-order valence-electron chi connectivity index (χ1n) is 10.1. The predicted molar refractivity (Wildman–Crippen MR) is 114 cm³/mol. The Morgan fingerprint density at radius 3 is 1.89 bits per heavy atom. The Kier molecular flexibility index (Phi) is 7.43. The average Bonchev–Trinajstić information content (AvgIpc) is 2.76. The highest BCUT2D eigenvalue weighted by Gasteiger charge is 2.26. The summed E-state index contributed by atoms with van der Waals surface area (Å²) in [6.45, 7) is 2.27. The second-order valence-corrected chi connectivity index (χ2v) is 7.08. The lowest BCUT2D eigenvalue weighted by Gasteiger charge is -2.23. The van der Waals surface area contributed by atoms with Gasteiger partial charge in [-0.2, -0.15) is 0 Å². The van der Waals surface area contributed by atoms with Gasteiger partial charge in [0, 0.05) is 0 Å². The molecule has 0 saturated carbocycles.